The first-order chi connectivity index (χ1) is 12.1. The van der Waals surface area contributed by atoms with E-state index in [1.165, 1.54) is 11.3 Å². The molecule has 6 nitrogen and oxygen atoms in total. The van der Waals surface area contributed by atoms with Crippen LogP contribution in [0.25, 0.3) is 0 Å². The zero-order valence-electron chi connectivity index (χ0n) is 13.6. The van der Waals surface area contributed by atoms with E-state index in [1.807, 2.05) is 17.5 Å². The monoisotopic (exact) mass is 357 g/mol. The van der Waals surface area contributed by atoms with Crippen LogP contribution in [0.1, 0.15) is 32.9 Å². The number of hydrazine groups is 1. The second kappa shape index (κ2) is 7.94. The first kappa shape index (κ1) is 17.2. The Kier molecular flexibility index (Phi) is 5.45. The third kappa shape index (κ3) is 4.24. The van der Waals surface area contributed by atoms with Gasteiger partial charge in [0.25, 0.3) is 11.8 Å². The number of nitrogens with zero attached hydrogens (tertiary/aromatic N) is 1. The maximum absolute atomic E-state index is 12.4. The Morgan fingerprint density at radius 1 is 1.04 bits per heavy atom. The van der Waals surface area contributed by atoms with E-state index in [1.54, 1.807) is 35.2 Å². The summed E-state index contributed by atoms with van der Waals surface area (Å²) < 4.78 is 0. The van der Waals surface area contributed by atoms with Gasteiger partial charge < -0.3 is 4.90 Å². The van der Waals surface area contributed by atoms with E-state index in [9.17, 15) is 14.4 Å². The summed E-state index contributed by atoms with van der Waals surface area (Å²) in [6.07, 6.45) is 1.46. The lowest BCUT2D eigenvalue weighted by Gasteiger charge is -2.31. The van der Waals surface area contributed by atoms with Gasteiger partial charge in [-0.25, -0.2) is 0 Å². The fourth-order valence-corrected chi connectivity index (χ4v) is 3.50. The normalized spacial score (nSPS) is 17.0. The number of hydrogen-bond donors (Lipinski definition) is 2. The number of hydrogen-bond acceptors (Lipinski definition) is 4. The molecule has 3 rings (SSSR count). The molecule has 25 heavy (non-hydrogen) atoms. The van der Waals surface area contributed by atoms with Crippen molar-refractivity contribution in [2.45, 2.75) is 12.8 Å². The van der Waals surface area contributed by atoms with E-state index in [2.05, 4.69) is 10.9 Å². The van der Waals surface area contributed by atoms with Gasteiger partial charge in [-0.1, -0.05) is 24.3 Å². The fourth-order valence-electron chi connectivity index (χ4n) is 2.81. The Hall–Kier alpha value is -2.67. The second-order valence-electron chi connectivity index (χ2n) is 5.88. The van der Waals surface area contributed by atoms with Crippen molar-refractivity contribution in [1.29, 1.82) is 0 Å². The van der Waals surface area contributed by atoms with Gasteiger partial charge in [-0.15, -0.1) is 11.3 Å². The van der Waals surface area contributed by atoms with Gasteiger partial charge in [-0.2, -0.15) is 0 Å². The molecule has 2 aromatic rings. The lowest BCUT2D eigenvalue weighted by Crippen LogP contribution is -2.50. The van der Waals surface area contributed by atoms with E-state index < -0.39 is 0 Å². The van der Waals surface area contributed by atoms with Crippen molar-refractivity contribution in [2.75, 3.05) is 13.1 Å². The molecular formula is C18H19N3O3S. The van der Waals surface area contributed by atoms with Gasteiger partial charge in [0.05, 0.1) is 10.8 Å². The highest BCUT2D eigenvalue weighted by Crippen LogP contribution is 2.20. The molecule has 7 heteroatoms. The molecule has 1 atom stereocenters. The van der Waals surface area contributed by atoms with Crippen molar-refractivity contribution in [3.63, 3.8) is 0 Å². The van der Waals surface area contributed by atoms with Crippen LogP contribution < -0.4 is 10.9 Å². The van der Waals surface area contributed by atoms with Crippen molar-refractivity contribution in [1.82, 2.24) is 15.8 Å². The molecule has 2 N–H and O–H groups in total. The van der Waals surface area contributed by atoms with Crippen LogP contribution in [-0.4, -0.2) is 35.7 Å². The molecule has 0 spiro atoms. The second-order valence-corrected chi connectivity index (χ2v) is 6.82. The number of rotatable bonds is 3. The molecule has 2 heterocycles. The van der Waals surface area contributed by atoms with Crippen LogP contribution in [0.5, 0.6) is 0 Å². The molecule has 1 aliphatic rings. The Morgan fingerprint density at radius 3 is 2.56 bits per heavy atom. The molecule has 130 valence electrons. The number of amides is 3. The summed E-state index contributed by atoms with van der Waals surface area (Å²) in [7, 11) is 0. The number of carbonyl (C=O) groups excluding carboxylic acids is 3. The van der Waals surface area contributed by atoms with Crippen molar-refractivity contribution in [3.05, 3.63) is 58.3 Å². The summed E-state index contributed by atoms with van der Waals surface area (Å²) in [6, 6.07) is 12.3. The Labute approximate surface area is 149 Å². The summed E-state index contributed by atoms with van der Waals surface area (Å²) >= 11 is 1.40. The highest BCUT2D eigenvalue weighted by molar-refractivity contribution is 7.12. The largest absolute Gasteiger partial charge is 0.337 e. The highest BCUT2D eigenvalue weighted by atomic mass is 32.1. The highest BCUT2D eigenvalue weighted by Gasteiger charge is 2.29. The molecule has 0 unspecified atom stereocenters. The van der Waals surface area contributed by atoms with Crippen LogP contribution in [-0.2, 0) is 4.79 Å². The van der Waals surface area contributed by atoms with Gasteiger partial charge in [0.2, 0.25) is 5.91 Å². The summed E-state index contributed by atoms with van der Waals surface area (Å²) in [4.78, 5) is 39.1. The average molecular weight is 357 g/mol. The summed E-state index contributed by atoms with van der Waals surface area (Å²) in [6.45, 7) is 1.01. The van der Waals surface area contributed by atoms with Gasteiger partial charge in [-0.3, -0.25) is 25.2 Å². The number of piperidine rings is 1. The molecule has 3 amide bonds. The summed E-state index contributed by atoms with van der Waals surface area (Å²) in [5.41, 5.74) is 5.37. The first-order valence-electron chi connectivity index (χ1n) is 8.13. The maximum atomic E-state index is 12.4. The van der Waals surface area contributed by atoms with E-state index in [4.69, 9.17) is 0 Å². The predicted molar refractivity (Wildman–Crippen MR) is 95.0 cm³/mol. The Balaban J connectivity index is 1.53. The van der Waals surface area contributed by atoms with Crippen molar-refractivity contribution < 1.29 is 14.4 Å². The quantitative estimate of drug-likeness (QED) is 0.826. The van der Waals surface area contributed by atoms with Gasteiger partial charge in [0.1, 0.15) is 0 Å². The molecule has 1 aromatic carbocycles. The molecule has 1 fully saturated rings. The zero-order chi connectivity index (χ0) is 17.6. The maximum Gasteiger partial charge on any atom is 0.269 e. The summed E-state index contributed by atoms with van der Waals surface area (Å²) in [5, 5.41) is 1.86. The fraction of sp³-hybridized carbons (Fsp3) is 0.278. The third-order valence-corrected chi connectivity index (χ3v) is 5.00. The van der Waals surface area contributed by atoms with Gasteiger partial charge in [-0.05, 0) is 36.4 Å². The van der Waals surface area contributed by atoms with E-state index in [0.717, 1.165) is 6.42 Å². The number of likely N-dealkylation sites (tertiary alicyclic amines) is 1. The number of carbonyl (C=O) groups is 3. The van der Waals surface area contributed by atoms with E-state index >= 15 is 0 Å². The van der Waals surface area contributed by atoms with Gasteiger partial charge in [0, 0.05) is 18.7 Å². The number of benzene rings is 1. The van der Waals surface area contributed by atoms with Crippen molar-refractivity contribution in [2.24, 2.45) is 5.92 Å². The standard InChI is InChI=1S/C18H19N3O3S/c22-16(13-6-2-1-3-7-13)19-20-17(23)14-8-4-10-21(12-14)18(24)15-9-5-11-25-15/h1-3,5-7,9,11,14H,4,8,10,12H2,(H,19,22)(H,20,23)/t14-/m0/s1. The van der Waals surface area contributed by atoms with E-state index in [0.29, 0.717) is 30.0 Å². The topological polar surface area (TPSA) is 78.5 Å². The minimum atomic E-state index is -0.365. The molecule has 0 aliphatic carbocycles. The molecule has 1 saturated heterocycles. The molecule has 0 saturated carbocycles. The Morgan fingerprint density at radius 2 is 1.84 bits per heavy atom. The number of thiophene rings is 1. The Bertz CT molecular complexity index is 746. The summed E-state index contributed by atoms with van der Waals surface area (Å²) in [5.74, 6) is -1.00. The third-order valence-electron chi connectivity index (χ3n) is 4.15. The van der Waals surface area contributed by atoms with Crippen LogP contribution in [0.4, 0.5) is 0 Å². The lowest BCUT2D eigenvalue weighted by atomic mass is 9.97. The van der Waals surface area contributed by atoms with Crippen LogP contribution in [0.2, 0.25) is 0 Å². The van der Waals surface area contributed by atoms with Gasteiger partial charge >= 0.3 is 0 Å². The van der Waals surface area contributed by atoms with Crippen LogP contribution in [0.15, 0.2) is 47.8 Å². The van der Waals surface area contributed by atoms with Crippen molar-refractivity contribution >= 4 is 29.1 Å². The molecule has 0 bridgehead atoms. The first-order valence-corrected chi connectivity index (χ1v) is 9.01. The zero-order valence-corrected chi connectivity index (χ0v) is 14.4. The predicted octanol–water partition coefficient (Wildman–Crippen LogP) is 2.06. The van der Waals surface area contributed by atoms with E-state index in [-0.39, 0.29) is 23.6 Å². The smallest absolute Gasteiger partial charge is 0.269 e. The molecule has 0 radical (unpaired) electrons. The number of nitrogens with one attached hydrogen (secondary N) is 2. The molecule has 1 aromatic heterocycles. The average Bonchev–Trinajstić information content (AvgIpc) is 3.20. The van der Waals surface area contributed by atoms with Crippen LogP contribution in [0, 0.1) is 5.92 Å². The lowest BCUT2D eigenvalue weighted by molar-refractivity contribution is -0.127. The van der Waals surface area contributed by atoms with Crippen LogP contribution >= 0.6 is 11.3 Å². The SMILES string of the molecule is O=C(NNC(=O)[C@H]1CCCN(C(=O)c2cccs2)C1)c1ccccc1. The van der Waals surface area contributed by atoms with Crippen molar-refractivity contribution in [3.8, 4) is 0 Å². The minimum Gasteiger partial charge on any atom is -0.337 e. The molecule has 1 aliphatic heterocycles. The van der Waals surface area contributed by atoms with Crippen LogP contribution in [0.3, 0.4) is 0 Å². The molecular weight excluding hydrogens is 338 g/mol. The minimum absolute atomic E-state index is 0.0409. The van der Waals surface area contributed by atoms with Gasteiger partial charge in [0.15, 0.2) is 0 Å².